The fourth-order valence-electron chi connectivity index (χ4n) is 3.78. The number of carbonyl (C=O) groups excluding carboxylic acids is 2. The number of imide groups is 1. The van der Waals surface area contributed by atoms with Crippen LogP contribution >= 0.6 is 0 Å². The van der Waals surface area contributed by atoms with Crippen LogP contribution < -0.4 is 14.8 Å². The minimum absolute atomic E-state index is 0.116. The zero-order valence-electron chi connectivity index (χ0n) is 16.4. The predicted octanol–water partition coefficient (Wildman–Crippen LogP) is 2.12. The van der Waals surface area contributed by atoms with Crippen LogP contribution in [0.2, 0.25) is 0 Å². The number of hydrogen-bond acceptors (Lipinski definition) is 5. The van der Waals surface area contributed by atoms with E-state index in [4.69, 9.17) is 9.47 Å². The summed E-state index contributed by atoms with van der Waals surface area (Å²) in [6.07, 6.45) is 1.33. The van der Waals surface area contributed by atoms with Gasteiger partial charge in [-0.25, -0.2) is 4.79 Å². The number of nitrogens with zero attached hydrogens (tertiary/aromatic N) is 2. The van der Waals surface area contributed by atoms with Gasteiger partial charge in [-0.1, -0.05) is 13.8 Å². The standard InChI is InChI=1S/C20H29N3O4/c1-15(2)14-22-10-8-20(9-11-22)18(24)23(19(25)21-20)12-13-27-17-6-4-16(26-3)5-7-17/h4-7,15H,8-14H2,1-3H3,(H,21,25). The van der Waals surface area contributed by atoms with Gasteiger partial charge >= 0.3 is 6.03 Å². The fraction of sp³-hybridized carbons (Fsp3) is 0.600. The molecule has 3 rings (SSSR count). The molecule has 2 aliphatic rings. The first-order valence-corrected chi connectivity index (χ1v) is 9.57. The maximum atomic E-state index is 12.9. The molecule has 0 bridgehead atoms. The summed E-state index contributed by atoms with van der Waals surface area (Å²) in [5.41, 5.74) is -0.731. The van der Waals surface area contributed by atoms with E-state index in [0.29, 0.717) is 24.5 Å². The summed E-state index contributed by atoms with van der Waals surface area (Å²) in [4.78, 5) is 28.9. The van der Waals surface area contributed by atoms with E-state index >= 15 is 0 Å². The van der Waals surface area contributed by atoms with Crippen LogP contribution in [-0.2, 0) is 4.79 Å². The van der Waals surface area contributed by atoms with Crippen molar-refractivity contribution in [2.75, 3.05) is 39.9 Å². The highest BCUT2D eigenvalue weighted by molar-refractivity contribution is 6.07. The molecule has 1 aromatic carbocycles. The van der Waals surface area contributed by atoms with Gasteiger partial charge in [0.25, 0.3) is 5.91 Å². The summed E-state index contributed by atoms with van der Waals surface area (Å²) < 4.78 is 10.8. The zero-order chi connectivity index (χ0) is 19.4. The number of benzene rings is 1. The summed E-state index contributed by atoms with van der Waals surface area (Å²) >= 11 is 0. The number of ether oxygens (including phenoxy) is 2. The van der Waals surface area contributed by atoms with Crippen LogP contribution in [0.1, 0.15) is 26.7 Å². The van der Waals surface area contributed by atoms with Crippen LogP contribution in [0.25, 0.3) is 0 Å². The molecule has 1 aromatic rings. The van der Waals surface area contributed by atoms with Gasteiger partial charge in [0.2, 0.25) is 0 Å². The van der Waals surface area contributed by atoms with E-state index in [1.807, 2.05) is 12.1 Å². The van der Waals surface area contributed by atoms with Gasteiger partial charge in [-0.15, -0.1) is 0 Å². The molecule has 2 heterocycles. The molecule has 7 heteroatoms. The average Bonchev–Trinajstić information content (AvgIpc) is 2.88. The lowest BCUT2D eigenvalue weighted by atomic mass is 9.87. The van der Waals surface area contributed by atoms with Gasteiger partial charge in [0, 0.05) is 19.6 Å². The van der Waals surface area contributed by atoms with Crippen LogP contribution in [0.3, 0.4) is 0 Å². The number of rotatable bonds is 7. The Morgan fingerprint density at radius 2 is 1.74 bits per heavy atom. The lowest BCUT2D eigenvalue weighted by molar-refractivity contribution is -0.133. The van der Waals surface area contributed by atoms with Crippen molar-refractivity contribution in [3.05, 3.63) is 24.3 Å². The summed E-state index contributed by atoms with van der Waals surface area (Å²) in [6.45, 7) is 7.59. The highest BCUT2D eigenvalue weighted by atomic mass is 16.5. The van der Waals surface area contributed by atoms with E-state index in [0.717, 1.165) is 25.4 Å². The normalized spacial score (nSPS) is 19.6. The van der Waals surface area contributed by atoms with Crippen molar-refractivity contribution in [3.8, 4) is 11.5 Å². The third-order valence-corrected chi connectivity index (χ3v) is 5.22. The molecule has 148 valence electrons. The Bertz CT molecular complexity index is 666. The summed E-state index contributed by atoms with van der Waals surface area (Å²) in [7, 11) is 1.61. The van der Waals surface area contributed by atoms with Gasteiger partial charge in [0.1, 0.15) is 23.6 Å². The van der Waals surface area contributed by atoms with E-state index in [1.54, 1.807) is 19.2 Å². The van der Waals surface area contributed by atoms with Gasteiger partial charge in [-0.05, 0) is 43.0 Å². The van der Waals surface area contributed by atoms with Gasteiger partial charge in [-0.2, -0.15) is 0 Å². The SMILES string of the molecule is COc1ccc(OCCN2C(=O)NC3(CCN(CC(C)C)CC3)C2=O)cc1. The number of amides is 3. The third kappa shape index (κ3) is 4.35. The molecule has 2 saturated heterocycles. The number of carbonyl (C=O) groups is 2. The number of likely N-dealkylation sites (tertiary alicyclic amines) is 1. The Morgan fingerprint density at radius 1 is 1.11 bits per heavy atom. The Hall–Kier alpha value is -2.28. The number of hydrogen-bond donors (Lipinski definition) is 1. The molecule has 3 amide bonds. The number of nitrogens with one attached hydrogen (secondary N) is 1. The summed E-state index contributed by atoms with van der Waals surface area (Å²) in [5, 5.41) is 2.95. The molecule has 0 radical (unpaired) electrons. The predicted molar refractivity (Wildman–Crippen MR) is 102 cm³/mol. The minimum Gasteiger partial charge on any atom is -0.497 e. The van der Waals surface area contributed by atoms with Gasteiger partial charge in [0.15, 0.2) is 0 Å². The first-order valence-electron chi connectivity index (χ1n) is 9.57. The maximum Gasteiger partial charge on any atom is 0.325 e. The van der Waals surface area contributed by atoms with Crippen molar-refractivity contribution in [1.29, 1.82) is 0 Å². The van der Waals surface area contributed by atoms with E-state index in [-0.39, 0.29) is 25.1 Å². The molecule has 0 aliphatic carbocycles. The van der Waals surface area contributed by atoms with Gasteiger partial charge in [-0.3, -0.25) is 9.69 Å². The number of piperidine rings is 1. The summed E-state index contributed by atoms with van der Waals surface area (Å²) in [5.74, 6) is 1.91. The molecule has 0 unspecified atom stereocenters. The van der Waals surface area contributed by atoms with Crippen molar-refractivity contribution < 1.29 is 19.1 Å². The second-order valence-electron chi connectivity index (χ2n) is 7.69. The van der Waals surface area contributed by atoms with Crippen molar-refractivity contribution in [3.63, 3.8) is 0 Å². The molecule has 0 atom stereocenters. The third-order valence-electron chi connectivity index (χ3n) is 5.22. The van der Waals surface area contributed by atoms with Crippen molar-refractivity contribution in [2.24, 2.45) is 5.92 Å². The van der Waals surface area contributed by atoms with Crippen LogP contribution in [0.15, 0.2) is 24.3 Å². The Balaban J connectivity index is 1.52. The van der Waals surface area contributed by atoms with Crippen molar-refractivity contribution in [2.45, 2.75) is 32.2 Å². The van der Waals surface area contributed by atoms with E-state index in [9.17, 15) is 9.59 Å². The van der Waals surface area contributed by atoms with Crippen LogP contribution in [0.4, 0.5) is 4.79 Å². The fourth-order valence-corrected chi connectivity index (χ4v) is 3.78. The average molecular weight is 375 g/mol. The Morgan fingerprint density at radius 3 is 2.33 bits per heavy atom. The Kier molecular flexibility index (Phi) is 5.89. The topological polar surface area (TPSA) is 71.1 Å². The van der Waals surface area contributed by atoms with Crippen molar-refractivity contribution in [1.82, 2.24) is 15.1 Å². The largest absolute Gasteiger partial charge is 0.497 e. The first-order chi connectivity index (χ1) is 12.9. The van der Waals surface area contributed by atoms with Gasteiger partial charge in [0.05, 0.1) is 13.7 Å². The monoisotopic (exact) mass is 375 g/mol. The van der Waals surface area contributed by atoms with Crippen molar-refractivity contribution >= 4 is 11.9 Å². The van der Waals surface area contributed by atoms with Crippen LogP contribution in [-0.4, -0.2) is 67.2 Å². The molecular weight excluding hydrogens is 346 g/mol. The highest BCUT2D eigenvalue weighted by Gasteiger charge is 2.52. The number of urea groups is 1. The second-order valence-corrected chi connectivity index (χ2v) is 7.69. The van der Waals surface area contributed by atoms with Gasteiger partial charge < -0.3 is 19.7 Å². The molecule has 27 heavy (non-hydrogen) atoms. The van der Waals surface area contributed by atoms with E-state index in [1.165, 1.54) is 4.90 Å². The molecule has 1 N–H and O–H groups in total. The lowest BCUT2D eigenvalue weighted by Gasteiger charge is -2.37. The molecule has 1 spiro atoms. The molecule has 0 saturated carbocycles. The number of methoxy groups -OCH3 is 1. The first kappa shape index (κ1) is 19.5. The lowest BCUT2D eigenvalue weighted by Crippen LogP contribution is -2.55. The van der Waals surface area contributed by atoms with E-state index in [2.05, 4.69) is 24.1 Å². The second kappa shape index (κ2) is 8.17. The smallest absolute Gasteiger partial charge is 0.325 e. The molecular formula is C20H29N3O4. The minimum atomic E-state index is -0.731. The van der Waals surface area contributed by atoms with Crippen LogP contribution in [0.5, 0.6) is 11.5 Å². The summed E-state index contributed by atoms with van der Waals surface area (Å²) in [6, 6.07) is 6.91. The molecule has 7 nitrogen and oxygen atoms in total. The van der Waals surface area contributed by atoms with E-state index < -0.39 is 5.54 Å². The van der Waals surface area contributed by atoms with Crippen LogP contribution in [0, 0.1) is 5.92 Å². The zero-order valence-corrected chi connectivity index (χ0v) is 16.4. The maximum absolute atomic E-state index is 12.9. The molecule has 2 fully saturated rings. The molecule has 0 aromatic heterocycles. The quantitative estimate of drug-likeness (QED) is 0.739. The highest BCUT2D eigenvalue weighted by Crippen LogP contribution is 2.29. The Labute approximate surface area is 160 Å². The molecule has 2 aliphatic heterocycles.